The Morgan fingerprint density at radius 2 is 2.22 bits per heavy atom. The van der Waals surface area contributed by atoms with Crippen LogP contribution < -0.4 is 10.0 Å². The van der Waals surface area contributed by atoms with E-state index in [2.05, 4.69) is 26.0 Å². The van der Waals surface area contributed by atoms with Gasteiger partial charge in [0.1, 0.15) is 0 Å². The Kier molecular flexibility index (Phi) is 5.20. The van der Waals surface area contributed by atoms with Gasteiger partial charge in [-0.1, -0.05) is 0 Å². The van der Waals surface area contributed by atoms with Crippen LogP contribution in [0.1, 0.15) is 24.1 Å². The Morgan fingerprint density at radius 1 is 1.44 bits per heavy atom. The van der Waals surface area contributed by atoms with Crippen molar-refractivity contribution in [2.24, 2.45) is 0 Å². The molecule has 0 bridgehead atoms. The van der Waals surface area contributed by atoms with Gasteiger partial charge >= 0.3 is 0 Å². The van der Waals surface area contributed by atoms with Crippen molar-refractivity contribution in [2.45, 2.75) is 31.8 Å². The van der Waals surface area contributed by atoms with Gasteiger partial charge in [0, 0.05) is 21.9 Å². The largest absolute Gasteiger partial charge is 0.314 e. The summed E-state index contributed by atoms with van der Waals surface area (Å²) in [5.74, 6) is 0.190. The SMILES string of the molecule is O=S(=O)(CCCNC1CC1)NCc1sccc1Br. The summed E-state index contributed by atoms with van der Waals surface area (Å²) in [6, 6.07) is 2.57. The molecule has 0 amide bonds. The minimum absolute atomic E-state index is 0.190. The summed E-state index contributed by atoms with van der Waals surface area (Å²) in [4.78, 5) is 1.01. The second-order valence-electron chi connectivity index (χ2n) is 4.41. The number of sulfonamides is 1. The zero-order chi connectivity index (χ0) is 13.0. The predicted molar refractivity (Wildman–Crippen MR) is 78.3 cm³/mol. The van der Waals surface area contributed by atoms with E-state index in [4.69, 9.17) is 0 Å². The topological polar surface area (TPSA) is 58.2 Å². The Balaban J connectivity index is 1.67. The Bertz CT molecular complexity index is 483. The number of hydrogen-bond donors (Lipinski definition) is 2. The minimum atomic E-state index is -3.16. The van der Waals surface area contributed by atoms with Crippen LogP contribution in [-0.2, 0) is 16.6 Å². The van der Waals surface area contributed by atoms with E-state index in [1.807, 2.05) is 11.4 Å². The molecule has 1 saturated carbocycles. The average molecular weight is 353 g/mol. The lowest BCUT2D eigenvalue weighted by atomic mass is 10.5. The van der Waals surface area contributed by atoms with Crippen molar-refractivity contribution in [1.29, 1.82) is 0 Å². The lowest BCUT2D eigenvalue weighted by Crippen LogP contribution is -2.28. The molecule has 0 aliphatic heterocycles. The lowest BCUT2D eigenvalue weighted by molar-refractivity contribution is 0.574. The van der Waals surface area contributed by atoms with Crippen LogP contribution >= 0.6 is 27.3 Å². The fourth-order valence-electron chi connectivity index (χ4n) is 1.55. The van der Waals surface area contributed by atoms with Crippen LogP contribution in [0.5, 0.6) is 0 Å². The van der Waals surface area contributed by atoms with Gasteiger partial charge in [0.05, 0.1) is 5.75 Å². The highest BCUT2D eigenvalue weighted by Crippen LogP contribution is 2.22. The van der Waals surface area contributed by atoms with Crippen molar-refractivity contribution in [3.63, 3.8) is 0 Å². The highest BCUT2D eigenvalue weighted by molar-refractivity contribution is 9.10. The van der Waals surface area contributed by atoms with Crippen LogP contribution in [0.3, 0.4) is 0 Å². The van der Waals surface area contributed by atoms with E-state index in [0.717, 1.165) is 15.9 Å². The molecule has 1 aliphatic carbocycles. The van der Waals surface area contributed by atoms with Crippen LogP contribution in [0.4, 0.5) is 0 Å². The second kappa shape index (κ2) is 6.47. The summed E-state index contributed by atoms with van der Waals surface area (Å²) < 4.78 is 27.1. The lowest BCUT2D eigenvalue weighted by Gasteiger charge is -2.06. The Hall–Kier alpha value is 0.0500. The van der Waals surface area contributed by atoms with Gasteiger partial charge in [0.25, 0.3) is 0 Å². The van der Waals surface area contributed by atoms with Gasteiger partial charge in [-0.15, -0.1) is 11.3 Å². The fraction of sp³-hybridized carbons (Fsp3) is 0.636. The van der Waals surface area contributed by atoms with E-state index in [1.54, 1.807) is 11.3 Å². The maximum Gasteiger partial charge on any atom is 0.211 e. The van der Waals surface area contributed by atoms with E-state index in [0.29, 0.717) is 19.0 Å². The first-order valence-electron chi connectivity index (χ1n) is 5.99. The van der Waals surface area contributed by atoms with Gasteiger partial charge in [-0.05, 0) is 53.2 Å². The fourth-order valence-corrected chi connectivity index (χ4v) is 4.11. The summed E-state index contributed by atoms with van der Waals surface area (Å²) in [5.41, 5.74) is 0. The van der Waals surface area contributed by atoms with Crippen LogP contribution in [0.2, 0.25) is 0 Å². The molecule has 2 rings (SSSR count). The number of halogens is 1. The van der Waals surface area contributed by atoms with E-state index < -0.39 is 10.0 Å². The molecule has 1 heterocycles. The highest BCUT2D eigenvalue weighted by atomic mass is 79.9. The van der Waals surface area contributed by atoms with Crippen LogP contribution in [-0.4, -0.2) is 26.8 Å². The smallest absolute Gasteiger partial charge is 0.211 e. The molecular formula is C11H17BrN2O2S2. The molecule has 0 spiro atoms. The molecule has 2 N–H and O–H groups in total. The first-order valence-corrected chi connectivity index (χ1v) is 9.32. The van der Waals surface area contributed by atoms with E-state index in [1.165, 1.54) is 12.8 Å². The van der Waals surface area contributed by atoms with Crippen LogP contribution in [0, 0.1) is 0 Å². The van der Waals surface area contributed by atoms with Crippen molar-refractivity contribution in [2.75, 3.05) is 12.3 Å². The molecule has 102 valence electrons. The van der Waals surface area contributed by atoms with E-state index in [-0.39, 0.29) is 5.75 Å². The Labute approximate surface area is 120 Å². The zero-order valence-electron chi connectivity index (χ0n) is 9.99. The summed E-state index contributed by atoms with van der Waals surface area (Å²) in [6.07, 6.45) is 3.13. The van der Waals surface area contributed by atoms with Crippen molar-refractivity contribution in [3.8, 4) is 0 Å². The third-order valence-electron chi connectivity index (χ3n) is 2.74. The molecule has 7 heteroatoms. The number of rotatable bonds is 8. The average Bonchev–Trinajstić information content (AvgIpc) is 3.05. The normalized spacial score (nSPS) is 16.1. The third kappa shape index (κ3) is 4.97. The molecular weight excluding hydrogens is 336 g/mol. The van der Waals surface area contributed by atoms with Crippen LogP contribution in [0.15, 0.2) is 15.9 Å². The van der Waals surface area contributed by atoms with Gasteiger partial charge in [0.2, 0.25) is 10.0 Å². The summed E-state index contributed by atoms with van der Waals surface area (Å²) in [5, 5.41) is 5.25. The predicted octanol–water partition coefficient (Wildman–Crippen LogP) is 2.07. The Morgan fingerprint density at radius 3 is 2.83 bits per heavy atom. The highest BCUT2D eigenvalue weighted by Gasteiger charge is 2.20. The number of nitrogens with one attached hydrogen (secondary N) is 2. The number of thiophene rings is 1. The second-order valence-corrected chi connectivity index (χ2v) is 8.20. The molecule has 1 aromatic rings. The molecule has 4 nitrogen and oxygen atoms in total. The monoisotopic (exact) mass is 352 g/mol. The van der Waals surface area contributed by atoms with Gasteiger partial charge in [-0.25, -0.2) is 13.1 Å². The molecule has 0 radical (unpaired) electrons. The van der Waals surface area contributed by atoms with Gasteiger partial charge < -0.3 is 5.32 Å². The molecule has 1 fully saturated rings. The van der Waals surface area contributed by atoms with Crippen molar-refractivity contribution >= 4 is 37.3 Å². The van der Waals surface area contributed by atoms with Crippen LogP contribution in [0.25, 0.3) is 0 Å². The van der Waals surface area contributed by atoms with E-state index >= 15 is 0 Å². The van der Waals surface area contributed by atoms with E-state index in [9.17, 15) is 8.42 Å². The molecule has 0 aromatic carbocycles. The molecule has 0 atom stereocenters. The quantitative estimate of drug-likeness (QED) is 0.704. The molecule has 1 aliphatic rings. The van der Waals surface area contributed by atoms with Gasteiger partial charge in [-0.3, -0.25) is 0 Å². The van der Waals surface area contributed by atoms with Crippen molar-refractivity contribution < 1.29 is 8.42 Å². The third-order valence-corrected chi connectivity index (χ3v) is 6.08. The summed E-state index contributed by atoms with van der Waals surface area (Å²) >= 11 is 4.93. The minimum Gasteiger partial charge on any atom is -0.314 e. The van der Waals surface area contributed by atoms with Gasteiger partial charge in [-0.2, -0.15) is 0 Å². The zero-order valence-corrected chi connectivity index (χ0v) is 13.2. The molecule has 18 heavy (non-hydrogen) atoms. The summed E-state index contributed by atoms with van der Waals surface area (Å²) in [7, 11) is -3.16. The van der Waals surface area contributed by atoms with Crippen molar-refractivity contribution in [3.05, 3.63) is 20.8 Å². The van der Waals surface area contributed by atoms with Gasteiger partial charge in [0.15, 0.2) is 0 Å². The summed E-state index contributed by atoms with van der Waals surface area (Å²) in [6.45, 7) is 1.16. The number of hydrogen-bond acceptors (Lipinski definition) is 4. The molecule has 1 aromatic heterocycles. The van der Waals surface area contributed by atoms with Crippen molar-refractivity contribution in [1.82, 2.24) is 10.0 Å². The maximum atomic E-state index is 11.7. The molecule has 0 saturated heterocycles. The first-order chi connectivity index (χ1) is 8.57. The maximum absolute atomic E-state index is 11.7. The molecule has 0 unspecified atom stereocenters. The standard InChI is InChI=1S/C11H17BrN2O2S2/c12-10-4-6-17-11(10)8-14-18(15,16)7-1-5-13-9-2-3-9/h4,6,9,13-14H,1-3,5,7-8H2. The first kappa shape index (κ1) is 14.5.